The number of furan rings is 1. The van der Waals surface area contributed by atoms with E-state index < -0.39 is 0 Å². The molecule has 1 aromatic carbocycles. The summed E-state index contributed by atoms with van der Waals surface area (Å²) in [5.41, 5.74) is 1.19. The number of nitrogens with one attached hydrogen (secondary N) is 1. The summed E-state index contributed by atoms with van der Waals surface area (Å²) in [5.74, 6) is 2.43. The highest BCUT2D eigenvalue weighted by Crippen LogP contribution is 2.29. The number of nitrogens with zero attached hydrogens (tertiary/aromatic N) is 3. The molecule has 6 heteroatoms. The van der Waals surface area contributed by atoms with Gasteiger partial charge in [0.2, 0.25) is 0 Å². The Morgan fingerprint density at radius 1 is 1.14 bits per heavy atom. The lowest BCUT2D eigenvalue weighted by atomic mass is 10.0. The highest BCUT2D eigenvalue weighted by atomic mass is 79.9. The van der Waals surface area contributed by atoms with E-state index in [1.165, 1.54) is 5.56 Å². The maximum Gasteiger partial charge on any atom is 0.199 e. The largest absolute Gasteiger partial charge is 0.446 e. The van der Waals surface area contributed by atoms with Gasteiger partial charge in [-0.15, -0.1) is 10.2 Å². The average molecular weight is 345 g/mol. The van der Waals surface area contributed by atoms with Crippen LogP contribution in [0.5, 0.6) is 0 Å². The van der Waals surface area contributed by atoms with Crippen molar-refractivity contribution in [1.82, 2.24) is 20.1 Å². The van der Waals surface area contributed by atoms with E-state index in [-0.39, 0.29) is 6.04 Å². The summed E-state index contributed by atoms with van der Waals surface area (Å²) in [7, 11) is 0. The molecule has 1 N–H and O–H groups in total. The van der Waals surface area contributed by atoms with Crippen molar-refractivity contribution < 1.29 is 4.42 Å². The highest BCUT2D eigenvalue weighted by molar-refractivity contribution is 9.10. The molecule has 21 heavy (non-hydrogen) atoms. The quantitative estimate of drug-likeness (QED) is 0.776. The van der Waals surface area contributed by atoms with Crippen molar-refractivity contribution in [3.8, 4) is 11.6 Å². The van der Waals surface area contributed by atoms with Crippen LogP contribution in [0.2, 0.25) is 0 Å². The van der Waals surface area contributed by atoms with Gasteiger partial charge in [-0.3, -0.25) is 0 Å². The second kappa shape index (κ2) is 5.13. The molecule has 0 bridgehead atoms. The Hall–Kier alpha value is -1.92. The van der Waals surface area contributed by atoms with Crippen molar-refractivity contribution >= 4 is 15.9 Å². The number of hydrogen-bond acceptors (Lipinski definition) is 4. The van der Waals surface area contributed by atoms with E-state index in [9.17, 15) is 0 Å². The van der Waals surface area contributed by atoms with Crippen LogP contribution < -0.4 is 5.32 Å². The second-order valence-electron chi connectivity index (χ2n) is 4.94. The predicted octanol–water partition coefficient (Wildman–Crippen LogP) is 2.99. The molecule has 0 amide bonds. The minimum atomic E-state index is 0.0691. The lowest BCUT2D eigenvalue weighted by Crippen LogP contribution is -2.34. The maximum absolute atomic E-state index is 5.61. The van der Waals surface area contributed by atoms with Gasteiger partial charge in [0.15, 0.2) is 22.1 Å². The van der Waals surface area contributed by atoms with Crippen LogP contribution >= 0.6 is 15.9 Å². The molecule has 4 rings (SSSR count). The van der Waals surface area contributed by atoms with Gasteiger partial charge in [0, 0.05) is 13.1 Å². The zero-order chi connectivity index (χ0) is 14.2. The molecule has 0 radical (unpaired) electrons. The first kappa shape index (κ1) is 12.8. The molecule has 0 saturated carbocycles. The first-order valence-corrected chi connectivity index (χ1v) is 7.59. The highest BCUT2D eigenvalue weighted by Gasteiger charge is 2.27. The smallest absolute Gasteiger partial charge is 0.199 e. The number of halogens is 1. The van der Waals surface area contributed by atoms with Crippen molar-refractivity contribution in [3.63, 3.8) is 0 Å². The molecule has 0 fully saturated rings. The summed E-state index contributed by atoms with van der Waals surface area (Å²) in [6.45, 7) is 1.71. The van der Waals surface area contributed by atoms with E-state index in [4.69, 9.17) is 4.42 Å². The van der Waals surface area contributed by atoms with Crippen LogP contribution in [-0.4, -0.2) is 21.3 Å². The van der Waals surface area contributed by atoms with Gasteiger partial charge in [0.1, 0.15) is 0 Å². The van der Waals surface area contributed by atoms with Crippen LogP contribution in [0.15, 0.2) is 51.6 Å². The third kappa shape index (κ3) is 2.20. The van der Waals surface area contributed by atoms with Crippen molar-refractivity contribution in [2.24, 2.45) is 0 Å². The molecule has 1 unspecified atom stereocenters. The number of fused-ring (bicyclic) bond motifs is 1. The molecule has 1 aliphatic heterocycles. The van der Waals surface area contributed by atoms with E-state index in [0.29, 0.717) is 4.67 Å². The van der Waals surface area contributed by atoms with Gasteiger partial charge in [0.05, 0.1) is 6.04 Å². The lowest BCUT2D eigenvalue weighted by molar-refractivity contribution is 0.453. The van der Waals surface area contributed by atoms with Crippen LogP contribution in [0.3, 0.4) is 0 Å². The van der Waals surface area contributed by atoms with Gasteiger partial charge >= 0.3 is 0 Å². The van der Waals surface area contributed by atoms with Gasteiger partial charge in [-0.25, -0.2) is 0 Å². The second-order valence-corrected chi connectivity index (χ2v) is 5.72. The fourth-order valence-electron chi connectivity index (χ4n) is 2.69. The summed E-state index contributed by atoms with van der Waals surface area (Å²) < 4.78 is 8.43. The SMILES string of the molecule is Brc1ccc(-c2nnc3n2CCNC3c2ccccc2)o1. The molecule has 106 valence electrons. The van der Waals surface area contributed by atoms with Gasteiger partial charge in [-0.2, -0.15) is 0 Å². The molecule has 5 nitrogen and oxygen atoms in total. The Morgan fingerprint density at radius 3 is 2.76 bits per heavy atom. The molecule has 0 aliphatic carbocycles. The summed E-state index contributed by atoms with van der Waals surface area (Å²) in [5, 5.41) is 12.2. The van der Waals surface area contributed by atoms with Gasteiger partial charge in [-0.1, -0.05) is 30.3 Å². The number of benzene rings is 1. The van der Waals surface area contributed by atoms with Crippen LogP contribution in [0.25, 0.3) is 11.6 Å². The van der Waals surface area contributed by atoms with Crippen molar-refractivity contribution in [1.29, 1.82) is 0 Å². The van der Waals surface area contributed by atoms with Gasteiger partial charge < -0.3 is 14.3 Å². The van der Waals surface area contributed by atoms with E-state index in [2.05, 4.69) is 48.1 Å². The monoisotopic (exact) mass is 344 g/mol. The molecule has 3 aromatic rings. The average Bonchev–Trinajstić information content (AvgIpc) is 3.13. The summed E-state index contributed by atoms with van der Waals surface area (Å²) >= 11 is 3.33. The van der Waals surface area contributed by atoms with Crippen molar-refractivity contribution in [2.45, 2.75) is 12.6 Å². The van der Waals surface area contributed by atoms with E-state index >= 15 is 0 Å². The first-order chi connectivity index (χ1) is 10.3. The molecule has 1 aliphatic rings. The molecule has 3 heterocycles. The van der Waals surface area contributed by atoms with Gasteiger partial charge in [-0.05, 0) is 33.6 Å². The summed E-state index contributed by atoms with van der Waals surface area (Å²) in [4.78, 5) is 0. The van der Waals surface area contributed by atoms with Crippen LogP contribution in [0.4, 0.5) is 0 Å². The Labute approximate surface area is 130 Å². The fraction of sp³-hybridized carbons (Fsp3) is 0.200. The van der Waals surface area contributed by atoms with Gasteiger partial charge in [0.25, 0.3) is 0 Å². The Balaban J connectivity index is 1.79. The van der Waals surface area contributed by atoms with Crippen LogP contribution in [0, 0.1) is 0 Å². The number of hydrogen-bond donors (Lipinski definition) is 1. The number of rotatable bonds is 2. The zero-order valence-corrected chi connectivity index (χ0v) is 12.7. The van der Waals surface area contributed by atoms with E-state index in [1.54, 1.807) is 0 Å². The van der Waals surface area contributed by atoms with Crippen molar-refractivity contribution in [3.05, 3.63) is 58.5 Å². The lowest BCUT2D eigenvalue weighted by Gasteiger charge is -2.25. The minimum absolute atomic E-state index is 0.0691. The molecule has 0 saturated heterocycles. The first-order valence-electron chi connectivity index (χ1n) is 6.80. The maximum atomic E-state index is 5.61. The molecule has 0 spiro atoms. The van der Waals surface area contributed by atoms with Crippen molar-refractivity contribution in [2.75, 3.05) is 6.54 Å². The minimum Gasteiger partial charge on any atom is -0.446 e. The normalized spacial score (nSPS) is 17.7. The number of aromatic nitrogens is 3. The molecule has 1 atom stereocenters. The third-order valence-corrected chi connectivity index (χ3v) is 4.07. The molecular formula is C15H13BrN4O. The standard InChI is InChI=1S/C15H13BrN4O/c16-12-7-6-11(21-12)14-18-19-15-13(17-8-9-20(14)15)10-4-2-1-3-5-10/h1-7,13,17H,8-9H2. The van der Waals surface area contributed by atoms with E-state index in [1.807, 2.05) is 30.3 Å². The molecular weight excluding hydrogens is 332 g/mol. The summed E-state index contributed by atoms with van der Waals surface area (Å²) in [6, 6.07) is 14.1. The summed E-state index contributed by atoms with van der Waals surface area (Å²) in [6.07, 6.45) is 0. The third-order valence-electron chi connectivity index (χ3n) is 3.65. The predicted molar refractivity (Wildman–Crippen MR) is 81.7 cm³/mol. The topological polar surface area (TPSA) is 55.9 Å². The Kier molecular flexibility index (Phi) is 3.12. The van der Waals surface area contributed by atoms with E-state index in [0.717, 1.165) is 30.5 Å². The van der Waals surface area contributed by atoms with Crippen LogP contribution in [0.1, 0.15) is 17.4 Å². The van der Waals surface area contributed by atoms with Crippen LogP contribution in [-0.2, 0) is 6.54 Å². The zero-order valence-electron chi connectivity index (χ0n) is 11.2. The Bertz CT molecular complexity index is 765. The fourth-order valence-corrected chi connectivity index (χ4v) is 3.00. The molecule has 2 aromatic heterocycles. The Morgan fingerprint density at radius 2 is 2.00 bits per heavy atom.